The van der Waals surface area contributed by atoms with Gasteiger partial charge in [-0.25, -0.2) is 0 Å². The van der Waals surface area contributed by atoms with E-state index in [4.69, 9.17) is 0 Å². The number of hydrogen-bond acceptors (Lipinski definition) is 4. The highest BCUT2D eigenvalue weighted by Gasteiger charge is 2.15. The first-order valence-corrected chi connectivity index (χ1v) is 7.50. The lowest BCUT2D eigenvalue weighted by molar-refractivity contribution is -0.121. The molecule has 112 valence electrons. The highest BCUT2D eigenvalue weighted by molar-refractivity contribution is 7.08. The summed E-state index contributed by atoms with van der Waals surface area (Å²) in [6, 6.07) is 2.00. The summed E-state index contributed by atoms with van der Waals surface area (Å²) in [4.78, 5) is 23.3. The Labute approximate surface area is 128 Å². The molecule has 5 nitrogen and oxygen atoms in total. The molecular weight excluding hydrogens is 298 g/mol. The first kappa shape index (κ1) is 16.9. The molecule has 1 atom stereocenters. The molecule has 0 radical (unpaired) electrons. The second-order valence-corrected chi connectivity index (χ2v) is 5.41. The molecule has 0 spiro atoms. The minimum atomic E-state index is -0.117. The molecule has 2 heterocycles. The number of piperidine rings is 1. The van der Waals surface area contributed by atoms with E-state index in [1.54, 1.807) is 11.4 Å². The number of halogens is 1. The van der Waals surface area contributed by atoms with E-state index in [2.05, 4.69) is 16.0 Å². The summed E-state index contributed by atoms with van der Waals surface area (Å²) in [5, 5.41) is 12.6. The zero-order chi connectivity index (χ0) is 13.5. The van der Waals surface area contributed by atoms with Crippen LogP contribution in [0, 0.1) is 0 Å². The molecule has 20 heavy (non-hydrogen) atoms. The van der Waals surface area contributed by atoms with Gasteiger partial charge in [0.25, 0.3) is 5.91 Å². The van der Waals surface area contributed by atoms with Gasteiger partial charge < -0.3 is 16.0 Å². The van der Waals surface area contributed by atoms with E-state index < -0.39 is 0 Å². The lowest BCUT2D eigenvalue weighted by Gasteiger charge is -2.23. The number of thiophene rings is 1. The predicted octanol–water partition coefficient (Wildman–Crippen LogP) is 1.16. The van der Waals surface area contributed by atoms with Gasteiger partial charge in [0.1, 0.15) is 0 Å². The lowest BCUT2D eigenvalue weighted by atomic mass is 10.1. The van der Waals surface area contributed by atoms with Crippen molar-refractivity contribution in [1.29, 1.82) is 0 Å². The molecule has 1 aliphatic rings. The Hall–Kier alpha value is -1.11. The van der Waals surface area contributed by atoms with Crippen LogP contribution in [0.4, 0.5) is 0 Å². The minimum absolute atomic E-state index is 0. The zero-order valence-electron chi connectivity index (χ0n) is 11.2. The maximum Gasteiger partial charge on any atom is 0.252 e. The third-order valence-electron chi connectivity index (χ3n) is 3.08. The largest absolute Gasteiger partial charge is 0.352 e. The molecule has 1 aromatic heterocycles. The fraction of sp³-hybridized carbons (Fsp3) is 0.538. The van der Waals surface area contributed by atoms with Gasteiger partial charge in [-0.2, -0.15) is 11.3 Å². The molecule has 0 saturated carbocycles. The van der Waals surface area contributed by atoms with Crippen molar-refractivity contribution < 1.29 is 9.59 Å². The number of rotatable bonds is 5. The van der Waals surface area contributed by atoms with Crippen LogP contribution in [0.15, 0.2) is 16.8 Å². The molecule has 0 aliphatic carbocycles. The van der Waals surface area contributed by atoms with Crippen LogP contribution < -0.4 is 16.0 Å². The highest BCUT2D eigenvalue weighted by Crippen LogP contribution is 2.05. The summed E-state index contributed by atoms with van der Waals surface area (Å²) in [6.07, 6.45) is 2.45. The van der Waals surface area contributed by atoms with Gasteiger partial charge in [0.05, 0.1) is 0 Å². The molecular formula is C13H20ClN3O2S. The fourth-order valence-corrected chi connectivity index (χ4v) is 2.70. The van der Waals surface area contributed by atoms with Gasteiger partial charge in [-0.05, 0) is 30.8 Å². The average molecular weight is 318 g/mol. The van der Waals surface area contributed by atoms with Crippen molar-refractivity contribution >= 4 is 35.6 Å². The molecule has 2 amide bonds. The molecule has 0 bridgehead atoms. The van der Waals surface area contributed by atoms with Gasteiger partial charge in [0.15, 0.2) is 0 Å². The van der Waals surface area contributed by atoms with Crippen molar-refractivity contribution in [3.8, 4) is 0 Å². The van der Waals surface area contributed by atoms with Crippen LogP contribution in [0.3, 0.4) is 0 Å². The lowest BCUT2D eigenvalue weighted by Crippen LogP contribution is -2.46. The van der Waals surface area contributed by atoms with Gasteiger partial charge in [-0.1, -0.05) is 0 Å². The molecule has 3 N–H and O–H groups in total. The van der Waals surface area contributed by atoms with Crippen LogP contribution in [0.25, 0.3) is 0 Å². The van der Waals surface area contributed by atoms with Crippen LogP contribution >= 0.6 is 23.7 Å². The van der Waals surface area contributed by atoms with E-state index in [0.717, 1.165) is 25.9 Å². The second kappa shape index (κ2) is 8.94. The number of amides is 2. The van der Waals surface area contributed by atoms with Gasteiger partial charge in [0, 0.05) is 36.5 Å². The first-order valence-electron chi connectivity index (χ1n) is 6.56. The van der Waals surface area contributed by atoms with E-state index in [1.165, 1.54) is 11.3 Å². The Balaban J connectivity index is 0.00000200. The van der Waals surface area contributed by atoms with Crippen LogP contribution in [0.1, 0.15) is 29.6 Å². The van der Waals surface area contributed by atoms with E-state index in [-0.39, 0.29) is 30.3 Å². The third-order valence-corrected chi connectivity index (χ3v) is 3.77. The van der Waals surface area contributed by atoms with E-state index in [0.29, 0.717) is 18.5 Å². The maximum absolute atomic E-state index is 11.7. The Kier molecular flexibility index (Phi) is 7.58. The van der Waals surface area contributed by atoms with Crippen molar-refractivity contribution in [3.63, 3.8) is 0 Å². The molecule has 1 fully saturated rings. The van der Waals surface area contributed by atoms with Crippen molar-refractivity contribution in [2.24, 2.45) is 0 Å². The van der Waals surface area contributed by atoms with Gasteiger partial charge in [0.2, 0.25) is 5.91 Å². The summed E-state index contributed by atoms with van der Waals surface area (Å²) in [7, 11) is 0. The second-order valence-electron chi connectivity index (χ2n) is 4.63. The minimum Gasteiger partial charge on any atom is -0.352 e. The van der Waals surface area contributed by atoms with E-state index in [9.17, 15) is 9.59 Å². The number of carbonyl (C=O) groups is 2. The van der Waals surface area contributed by atoms with Crippen molar-refractivity contribution in [3.05, 3.63) is 22.4 Å². The molecule has 1 aliphatic heterocycles. The summed E-state index contributed by atoms with van der Waals surface area (Å²) in [6.45, 7) is 2.25. The van der Waals surface area contributed by atoms with Crippen molar-refractivity contribution in [2.45, 2.75) is 25.3 Å². The molecule has 0 aromatic carbocycles. The Morgan fingerprint density at radius 1 is 1.45 bits per heavy atom. The van der Waals surface area contributed by atoms with E-state index >= 15 is 0 Å². The normalized spacial score (nSPS) is 17.9. The fourth-order valence-electron chi connectivity index (χ4n) is 2.06. The quantitative estimate of drug-likeness (QED) is 0.763. The Morgan fingerprint density at radius 3 is 2.95 bits per heavy atom. The molecule has 0 unspecified atom stereocenters. The monoisotopic (exact) mass is 317 g/mol. The third kappa shape index (κ3) is 5.48. The zero-order valence-corrected chi connectivity index (χ0v) is 12.8. The number of carbonyl (C=O) groups excluding carboxylic acids is 2. The summed E-state index contributed by atoms with van der Waals surface area (Å²) in [5.74, 6) is -0.118. The first-order chi connectivity index (χ1) is 9.25. The number of hydrogen-bond donors (Lipinski definition) is 3. The van der Waals surface area contributed by atoms with Gasteiger partial charge >= 0.3 is 0 Å². The summed E-state index contributed by atoms with van der Waals surface area (Å²) in [5.41, 5.74) is 0.655. The molecule has 1 aromatic rings. The molecule has 2 rings (SSSR count). The average Bonchev–Trinajstić information content (AvgIpc) is 2.93. The highest BCUT2D eigenvalue weighted by atomic mass is 35.5. The Bertz CT molecular complexity index is 419. The summed E-state index contributed by atoms with van der Waals surface area (Å²) < 4.78 is 0. The van der Waals surface area contributed by atoms with Crippen molar-refractivity contribution in [1.82, 2.24) is 16.0 Å². The van der Waals surface area contributed by atoms with Crippen LogP contribution in [-0.2, 0) is 4.79 Å². The van der Waals surface area contributed by atoms with Gasteiger partial charge in [-0.3, -0.25) is 9.59 Å². The maximum atomic E-state index is 11.7. The predicted molar refractivity (Wildman–Crippen MR) is 82.6 cm³/mol. The van der Waals surface area contributed by atoms with Crippen LogP contribution in [0.5, 0.6) is 0 Å². The number of nitrogens with one attached hydrogen (secondary N) is 3. The van der Waals surface area contributed by atoms with Crippen molar-refractivity contribution in [2.75, 3.05) is 19.6 Å². The smallest absolute Gasteiger partial charge is 0.252 e. The Morgan fingerprint density at radius 2 is 2.30 bits per heavy atom. The standard InChI is InChI=1S/C13H19N3O2S.ClH/c17-12(16-11-2-1-5-14-8-11)3-6-15-13(18)10-4-7-19-9-10;/h4,7,9,11,14H,1-3,5-6,8H2,(H,15,18)(H,16,17);1H/t11-;/m0./s1. The van der Waals surface area contributed by atoms with Crippen LogP contribution in [0.2, 0.25) is 0 Å². The summed E-state index contributed by atoms with van der Waals surface area (Å²) >= 11 is 1.48. The van der Waals surface area contributed by atoms with Crippen LogP contribution in [-0.4, -0.2) is 37.5 Å². The van der Waals surface area contributed by atoms with Gasteiger partial charge in [-0.15, -0.1) is 12.4 Å². The molecule has 7 heteroatoms. The van der Waals surface area contributed by atoms with E-state index in [1.807, 2.05) is 5.38 Å². The topological polar surface area (TPSA) is 70.2 Å². The SMILES string of the molecule is Cl.O=C(CCNC(=O)c1ccsc1)N[C@H]1CCCNC1. The molecule has 1 saturated heterocycles.